The van der Waals surface area contributed by atoms with Gasteiger partial charge in [-0.05, 0) is 73.2 Å². The molecule has 0 radical (unpaired) electrons. The summed E-state index contributed by atoms with van der Waals surface area (Å²) in [7, 11) is 0. The second kappa shape index (κ2) is 13.9. The Morgan fingerprint density at radius 3 is 2.38 bits per heavy atom. The number of nitrogens with one attached hydrogen (secondary N) is 1. The van der Waals surface area contributed by atoms with Crippen LogP contribution in [-0.2, 0) is 22.6 Å². The summed E-state index contributed by atoms with van der Waals surface area (Å²) in [5, 5.41) is 4.20. The molecule has 0 aliphatic heterocycles. The van der Waals surface area contributed by atoms with Gasteiger partial charge in [-0.1, -0.05) is 84.9 Å². The number of carbonyl (C=O) groups excluding carboxylic acids is 2. The molecule has 1 saturated carbocycles. The fraction of sp³-hybridized carbons (Fsp3) is 0.375. The van der Waals surface area contributed by atoms with Gasteiger partial charge in [0, 0.05) is 29.1 Å². The van der Waals surface area contributed by atoms with E-state index in [4.69, 9.17) is 27.9 Å². The number of hydrogen-bond donors (Lipinski definition) is 1. The van der Waals surface area contributed by atoms with Crippen LogP contribution in [0.3, 0.4) is 0 Å². The van der Waals surface area contributed by atoms with Gasteiger partial charge in [-0.15, -0.1) is 0 Å². The Morgan fingerprint density at radius 2 is 1.69 bits per heavy atom. The molecule has 2 amide bonds. The number of benzene rings is 3. The molecule has 1 unspecified atom stereocenters. The highest BCUT2D eigenvalue weighted by Crippen LogP contribution is 2.25. The van der Waals surface area contributed by atoms with Gasteiger partial charge in [0.2, 0.25) is 5.91 Å². The van der Waals surface area contributed by atoms with Crippen molar-refractivity contribution in [2.24, 2.45) is 0 Å². The van der Waals surface area contributed by atoms with Crippen LogP contribution in [0.25, 0.3) is 0 Å². The molecule has 4 rings (SSSR count). The lowest BCUT2D eigenvalue weighted by Crippen LogP contribution is -2.53. The lowest BCUT2D eigenvalue weighted by atomic mass is 9.94. The van der Waals surface area contributed by atoms with Crippen LogP contribution in [0.1, 0.15) is 54.4 Å². The van der Waals surface area contributed by atoms with Crippen molar-refractivity contribution in [3.8, 4) is 5.75 Å². The third-order valence-electron chi connectivity index (χ3n) is 7.42. The van der Waals surface area contributed by atoms with Gasteiger partial charge in [0.25, 0.3) is 5.91 Å². The molecule has 3 aromatic carbocycles. The van der Waals surface area contributed by atoms with Crippen molar-refractivity contribution in [2.45, 2.75) is 71.0 Å². The van der Waals surface area contributed by atoms with Gasteiger partial charge in [-0.3, -0.25) is 9.59 Å². The normalized spacial score (nSPS) is 14.5. The van der Waals surface area contributed by atoms with E-state index in [1.807, 2.05) is 62.4 Å². The first-order valence-corrected chi connectivity index (χ1v) is 14.3. The van der Waals surface area contributed by atoms with Gasteiger partial charge >= 0.3 is 0 Å². The highest BCUT2D eigenvalue weighted by molar-refractivity contribution is 6.35. The summed E-state index contributed by atoms with van der Waals surface area (Å²) >= 11 is 12.7. The maximum Gasteiger partial charge on any atom is 0.261 e. The minimum atomic E-state index is -0.739. The zero-order valence-electron chi connectivity index (χ0n) is 22.6. The Kier molecular flexibility index (Phi) is 10.3. The fourth-order valence-corrected chi connectivity index (χ4v) is 5.43. The van der Waals surface area contributed by atoms with Crippen LogP contribution in [0.4, 0.5) is 0 Å². The molecule has 0 aromatic heterocycles. The first-order valence-electron chi connectivity index (χ1n) is 13.6. The molecule has 1 fully saturated rings. The van der Waals surface area contributed by atoms with Crippen molar-refractivity contribution in [3.05, 3.63) is 99.0 Å². The molecule has 0 spiro atoms. The Morgan fingerprint density at radius 1 is 0.949 bits per heavy atom. The second-order valence-corrected chi connectivity index (χ2v) is 11.2. The van der Waals surface area contributed by atoms with Crippen LogP contribution in [0.15, 0.2) is 66.7 Å². The topological polar surface area (TPSA) is 58.6 Å². The molecule has 0 bridgehead atoms. The van der Waals surface area contributed by atoms with Crippen molar-refractivity contribution < 1.29 is 14.3 Å². The number of amides is 2. The fourth-order valence-electron chi connectivity index (χ4n) is 4.96. The molecule has 1 N–H and O–H groups in total. The standard InChI is InChI=1S/C32H36Cl2N2O3/c1-22-13-16-28(17-23(22)2)39-21-31(37)36(20-25-14-15-26(33)19-29(25)34)30(18-24-9-5-3-6-10-24)32(38)35-27-11-7-4-8-12-27/h3,5-6,9-10,13-17,19,27,30H,4,7-8,11-12,18,20-21H2,1-2H3,(H,35,38). The van der Waals surface area contributed by atoms with Crippen molar-refractivity contribution in [1.82, 2.24) is 10.2 Å². The second-order valence-electron chi connectivity index (χ2n) is 10.3. The van der Waals surface area contributed by atoms with Gasteiger partial charge in [0.05, 0.1) is 0 Å². The maximum atomic E-state index is 13.8. The molecule has 1 aliphatic carbocycles. The van der Waals surface area contributed by atoms with E-state index in [2.05, 4.69) is 5.32 Å². The molecular formula is C32H36Cl2N2O3. The first-order chi connectivity index (χ1) is 18.8. The number of halogens is 2. The number of ether oxygens (including phenoxy) is 1. The molecule has 5 nitrogen and oxygen atoms in total. The maximum absolute atomic E-state index is 13.8. The van der Waals surface area contributed by atoms with Gasteiger partial charge in [0.1, 0.15) is 11.8 Å². The molecular weight excluding hydrogens is 531 g/mol. The summed E-state index contributed by atoms with van der Waals surface area (Å²) in [5.41, 5.74) is 3.91. The van der Waals surface area contributed by atoms with E-state index in [0.717, 1.165) is 42.4 Å². The molecule has 0 saturated heterocycles. The summed E-state index contributed by atoms with van der Waals surface area (Å²) in [5.74, 6) is 0.163. The van der Waals surface area contributed by atoms with Crippen molar-refractivity contribution in [1.29, 1.82) is 0 Å². The van der Waals surface area contributed by atoms with Crippen LogP contribution >= 0.6 is 23.2 Å². The summed E-state index contributed by atoms with van der Waals surface area (Å²) in [6.07, 6.45) is 5.67. The number of nitrogens with zero attached hydrogens (tertiary/aromatic N) is 1. The van der Waals surface area contributed by atoms with Crippen LogP contribution in [-0.4, -0.2) is 35.4 Å². The molecule has 3 aromatic rings. The summed E-state index contributed by atoms with van der Waals surface area (Å²) < 4.78 is 5.92. The van der Waals surface area contributed by atoms with Crippen LogP contribution in [0.5, 0.6) is 5.75 Å². The van der Waals surface area contributed by atoms with Crippen LogP contribution in [0, 0.1) is 13.8 Å². The average molecular weight is 568 g/mol. The average Bonchev–Trinajstić information content (AvgIpc) is 2.93. The molecule has 39 heavy (non-hydrogen) atoms. The van der Waals surface area contributed by atoms with E-state index < -0.39 is 6.04 Å². The highest BCUT2D eigenvalue weighted by atomic mass is 35.5. The predicted octanol–water partition coefficient (Wildman–Crippen LogP) is 7.08. The smallest absolute Gasteiger partial charge is 0.261 e. The van der Waals surface area contributed by atoms with Gasteiger partial charge in [-0.2, -0.15) is 0 Å². The molecule has 0 heterocycles. The third kappa shape index (κ3) is 8.23. The number of aryl methyl sites for hydroxylation is 2. The number of rotatable bonds is 10. The minimum Gasteiger partial charge on any atom is -0.484 e. The molecule has 7 heteroatoms. The van der Waals surface area contributed by atoms with Gasteiger partial charge < -0.3 is 15.0 Å². The molecule has 1 atom stereocenters. The van der Waals surface area contributed by atoms with E-state index in [1.165, 1.54) is 6.42 Å². The van der Waals surface area contributed by atoms with E-state index in [0.29, 0.717) is 27.8 Å². The third-order valence-corrected chi connectivity index (χ3v) is 8.01. The zero-order valence-corrected chi connectivity index (χ0v) is 24.1. The first kappa shape index (κ1) is 29.0. The Labute approximate surface area is 241 Å². The lowest BCUT2D eigenvalue weighted by Gasteiger charge is -2.33. The summed E-state index contributed by atoms with van der Waals surface area (Å²) in [4.78, 5) is 29.3. The zero-order chi connectivity index (χ0) is 27.8. The Balaban J connectivity index is 1.63. The van der Waals surface area contributed by atoms with E-state index in [-0.39, 0.29) is 31.0 Å². The molecule has 1 aliphatic rings. The van der Waals surface area contributed by atoms with Crippen molar-refractivity contribution in [3.63, 3.8) is 0 Å². The Bertz CT molecular complexity index is 1280. The molecule has 206 valence electrons. The van der Waals surface area contributed by atoms with Crippen molar-refractivity contribution >= 4 is 35.0 Å². The van der Waals surface area contributed by atoms with Gasteiger partial charge in [-0.25, -0.2) is 0 Å². The summed E-state index contributed by atoms with van der Waals surface area (Å²) in [6.45, 7) is 3.99. The number of hydrogen-bond acceptors (Lipinski definition) is 3. The monoisotopic (exact) mass is 566 g/mol. The quantitative estimate of drug-likeness (QED) is 0.285. The van der Waals surface area contributed by atoms with E-state index >= 15 is 0 Å². The van der Waals surface area contributed by atoms with E-state index in [1.54, 1.807) is 23.1 Å². The number of carbonyl (C=O) groups is 2. The van der Waals surface area contributed by atoms with Crippen LogP contribution < -0.4 is 10.1 Å². The summed E-state index contributed by atoms with van der Waals surface area (Å²) in [6, 6.07) is 20.1. The van der Waals surface area contributed by atoms with E-state index in [9.17, 15) is 9.59 Å². The van der Waals surface area contributed by atoms with Gasteiger partial charge in [0.15, 0.2) is 6.61 Å². The highest BCUT2D eigenvalue weighted by Gasteiger charge is 2.32. The minimum absolute atomic E-state index is 0.118. The SMILES string of the molecule is Cc1ccc(OCC(=O)N(Cc2ccc(Cl)cc2Cl)C(Cc2ccccc2)C(=O)NC2CCCCC2)cc1C. The van der Waals surface area contributed by atoms with Crippen molar-refractivity contribution in [2.75, 3.05) is 6.61 Å². The predicted molar refractivity (Wildman–Crippen MR) is 157 cm³/mol. The van der Waals surface area contributed by atoms with Crippen LogP contribution in [0.2, 0.25) is 10.0 Å². The Hall–Kier alpha value is -3.02. The largest absolute Gasteiger partial charge is 0.484 e. The lowest BCUT2D eigenvalue weighted by molar-refractivity contribution is -0.143.